The van der Waals surface area contributed by atoms with Crippen molar-refractivity contribution in [1.82, 2.24) is 48.8 Å². The smallest absolute Gasteiger partial charge is 0.386 e. The van der Waals surface area contributed by atoms with Gasteiger partial charge in [-0.15, -0.1) is 0 Å². The molecule has 0 saturated carbocycles. The van der Waals surface area contributed by atoms with Crippen molar-refractivity contribution in [3.05, 3.63) is 25.3 Å². The minimum Gasteiger partial charge on any atom is -0.386 e. The fraction of sp³-hybridized carbons (Fsp3) is 0.600. The molecule has 13 heterocycles. The van der Waals surface area contributed by atoms with Crippen LogP contribution in [0.3, 0.4) is 0 Å². The second kappa shape index (κ2) is 23.1. The van der Waals surface area contributed by atoms with Gasteiger partial charge in [0.1, 0.15) is 133 Å². The van der Waals surface area contributed by atoms with Crippen LogP contribution in [0.2, 0.25) is 0 Å². The van der Waals surface area contributed by atoms with E-state index in [1.54, 1.807) is 0 Å². The maximum absolute atomic E-state index is 14.2. The number of hydrogen-bond acceptors (Lipinski definition) is 38. The van der Waals surface area contributed by atoms with E-state index in [2.05, 4.69) is 59.9 Å². The Balaban J connectivity index is 0.836. The molecule has 24 atom stereocenters. The van der Waals surface area contributed by atoms with Gasteiger partial charge >= 0.3 is 31.3 Å². The molecule has 0 radical (unpaired) electrons. The van der Waals surface area contributed by atoms with Crippen LogP contribution in [0, 0.1) is 0 Å². The van der Waals surface area contributed by atoms with Crippen molar-refractivity contribution < 1.29 is 113 Å². The van der Waals surface area contributed by atoms with E-state index in [-0.39, 0.29) is 45.6 Å². The normalized spacial score (nSPS) is 44.1. The number of imidazole rings is 2. The number of fused-ring (bicyclic) bond motifs is 8. The van der Waals surface area contributed by atoms with E-state index in [0.717, 1.165) is 47.1 Å². The highest BCUT2D eigenvalue weighted by Crippen LogP contribution is 2.56. The zero-order chi connectivity index (χ0) is 61.9. The molecule has 48 heteroatoms. The number of rotatable bonds is 4. The van der Waals surface area contributed by atoms with Crippen molar-refractivity contribution in [3.8, 4) is 0 Å². The number of phosphoric acid groups is 4. The number of anilines is 2. The molecule has 9 aliphatic rings. The van der Waals surface area contributed by atoms with Gasteiger partial charge in [0.25, 0.3) is 0 Å². The van der Waals surface area contributed by atoms with Gasteiger partial charge in [-0.2, -0.15) is 0 Å². The van der Waals surface area contributed by atoms with E-state index in [9.17, 15) is 58.3 Å². The second-order valence-electron chi connectivity index (χ2n) is 20.5. The average Bonchev–Trinajstić information content (AvgIpc) is 1.78. The molecule has 13 rings (SSSR count). The minimum absolute atomic E-state index is 0.0104. The third-order valence-corrected chi connectivity index (χ3v) is 19.1. The number of nitrogen functional groups attached to an aromatic ring is 2. The molecule has 16 N–H and O–H groups in total. The van der Waals surface area contributed by atoms with E-state index in [1.165, 1.54) is 22.5 Å². The largest absolute Gasteiger partial charge is 0.472 e. The summed E-state index contributed by atoms with van der Waals surface area (Å²) in [4.78, 5) is 97.6. The van der Waals surface area contributed by atoms with E-state index in [4.69, 9.17) is 78.1 Å². The van der Waals surface area contributed by atoms with Crippen LogP contribution in [0.4, 0.5) is 11.6 Å². The number of nitrogens with two attached hydrogens (primary N) is 4. The first-order valence-corrected chi connectivity index (χ1v) is 32.0. The molecule has 10 unspecified atom stereocenters. The van der Waals surface area contributed by atoms with Crippen LogP contribution in [-0.2, 0) is 73.4 Å². The Morgan fingerprint density at radius 3 is 1.10 bits per heavy atom. The van der Waals surface area contributed by atoms with Crippen LogP contribution >= 0.6 is 31.3 Å². The highest BCUT2D eigenvalue weighted by molar-refractivity contribution is 7.48. The molecule has 5 saturated heterocycles. The second-order valence-corrected chi connectivity index (χ2v) is 26.1. The summed E-state index contributed by atoms with van der Waals surface area (Å²) in [5, 5.41) is 47.7. The number of aromatic nitrogens is 8. The summed E-state index contributed by atoms with van der Waals surface area (Å²) in [6.07, 6.45) is -23.9. The molecule has 0 aliphatic carbocycles. The molecule has 5 fully saturated rings. The number of aliphatic hydroxyl groups excluding tert-OH is 4. The highest BCUT2D eigenvalue weighted by Gasteiger charge is 2.58. The number of aliphatic imine (C=N–C) groups is 6. The Morgan fingerprint density at radius 1 is 0.443 bits per heavy atom. The molecular weight excluding hydrogens is 1270 g/mol. The summed E-state index contributed by atoms with van der Waals surface area (Å²) < 4.78 is 127. The fourth-order valence-electron chi connectivity index (χ4n) is 11.0. The van der Waals surface area contributed by atoms with Crippen LogP contribution in [0.15, 0.2) is 55.3 Å². The Labute approximate surface area is 490 Å². The van der Waals surface area contributed by atoms with Crippen molar-refractivity contribution in [2.45, 2.75) is 123 Å². The lowest BCUT2D eigenvalue weighted by Gasteiger charge is -2.32. The van der Waals surface area contributed by atoms with Gasteiger partial charge < -0.3 is 91.7 Å². The van der Waals surface area contributed by atoms with Crippen LogP contribution in [0.1, 0.15) is 12.5 Å². The van der Waals surface area contributed by atoms with Crippen LogP contribution in [0.25, 0.3) is 22.3 Å². The number of ether oxygens (including phenoxy) is 4. The summed E-state index contributed by atoms with van der Waals surface area (Å²) >= 11 is 0. The van der Waals surface area contributed by atoms with Crippen molar-refractivity contribution in [3.63, 3.8) is 0 Å². The Hall–Kier alpha value is -5.96. The van der Waals surface area contributed by atoms with Crippen LogP contribution < -0.4 is 22.9 Å². The molecular formula is C40H52N20O24P4. The molecule has 4 aromatic rings. The molecule has 4 aromatic heterocycles. The number of hydrogen-bond donors (Lipinski definition) is 12. The first-order valence-electron chi connectivity index (χ1n) is 26.0. The van der Waals surface area contributed by atoms with Crippen molar-refractivity contribution in [2.75, 3.05) is 37.9 Å². The number of phosphoric ester groups is 4. The molecule has 0 spiro atoms. The SMILES string of the molecule is NC1=NC=NC2C1N=CN2[C@@H]1O[C@@H]2COP(=O)(O)OC3C(O)[C@H](n4cnc5c(N)ncnc54)O[C@@H]3COP(=O)(O)O[C@H]3[C@@H](O)[C@H](n4cnc5c(N)ncnc54)O[C@@H]3COP(=O)(O)O[C@H]3[C@@H](O)[C@H](N4C=NC5C(N)=NC=NC54)O[C@@H]3COP(=O)(O)O[C@H]2[C@H]1O. The number of aliphatic hydroxyl groups is 4. The monoisotopic (exact) mass is 1320 g/mol. The standard InChI is InChI=1S/C40H52N20O24P4/c41-29-17-33(49-5-45-29)57(9-53-17)37-21(61)25-13(77-37)1-73-85(65,66)82-26-14(78-38(22(26)62)58-10-54-18-30(42)46-6-50-34(18)58)2-75-87(69,70)84-28-16(80-40(24(28)64)60-12-56-20-32(44)48-8-52-36(20)60)4-76-88(71,72)83-27-15(3-74-86(67,68)81-25)79-39(23(27)63)59-11-55-19-31(43)47-7-51-35(19)59/h5-18,21-28,33-34,37-40,61-64H,1-4H2,(H,65,66)(H,67,68)(H,69,70)(H,71,72)(H2,41,45,49)(H2,42,46,50)(H2,43,47,51)(H2,44,48,52)/t13-,14-,15-,16-,17?,18?,21-,22-,23-,24?,25-,26-,27-,28?,33?,34?,37-,38-,39-,40-/m1/s1. The van der Waals surface area contributed by atoms with Gasteiger partial charge in [-0.25, -0.2) is 68.1 Å². The summed E-state index contributed by atoms with van der Waals surface area (Å²) in [7, 11) is -22.6. The molecule has 0 amide bonds. The molecule has 476 valence electrons. The lowest BCUT2D eigenvalue weighted by atomic mass is 10.1. The van der Waals surface area contributed by atoms with Gasteiger partial charge in [0.15, 0.2) is 60.2 Å². The fourth-order valence-corrected chi connectivity index (χ4v) is 14.9. The molecule has 9 aliphatic heterocycles. The maximum atomic E-state index is 14.2. The van der Waals surface area contributed by atoms with Crippen molar-refractivity contribution >= 4 is 102 Å². The zero-order valence-corrected chi connectivity index (χ0v) is 47.9. The van der Waals surface area contributed by atoms with Crippen LogP contribution in [-0.4, -0.2) is 262 Å². The Morgan fingerprint density at radius 2 is 0.761 bits per heavy atom. The van der Waals surface area contributed by atoms with Gasteiger partial charge in [0, 0.05) is 0 Å². The lowest BCUT2D eigenvalue weighted by Crippen LogP contribution is -2.51. The van der Waals surface area contributed by atoms with E-state index >= 15 is 0 Å². The van der Waals surface area contributed by atoms with Gasteiger partial charge in [0.05, 0.1) is 51.8 Å². The van der Waals surface area contributed by atoms with Gasteiger partial charge in [-0.3, -0.25) is 55.3 Å². The number of amidine groups is 2. The average molecular weight is 1320 g/mol. The van der Waals surface area contributed by atoms with Crippen molar-refractivity contribution in [1.29, 1.82) is 0 Å². The Bertz CT molecular complexity index is 3620. The topological polar surface area (TPSA) is 613 Å². The molecule has 44 nitrogen and oxygen atoms in total. The third-order valence-electron chi connectivity index (χ3n) is 15.1. The predicted octanol–water partition coefficient (Wildman–Crippen LogP) is -5.58. The summed E-state index contributed by atoms with van der Waals surface area (Å²) in [5.41, 5.74) is 24.0. The predicted molar refractivity (Wildman–Crippen MR) is 287 cm³/mol. The van der Waals surface area contributed by atoms with Crippen LogP contribution in [0.5, 0.6) is 0 Å². The summed E-state index contributed by atoms with van der Waals surface area (Å²) in [5.74, 6) is -0.196. The molecule has 88 heavy (non-hydrogen) atoms. The third kappa shape index (κ3) is 11.3. The van der Waals surface area contributed by atoms with E-state index in [0.29, 0.717) is 0 Å². The van der Waals surface area contributed by atoms with Gasteiger partial charge in [0.2, 0.25) is 0 Å². The quantitative estimate of drug-likeness (QED) is 0.0848. The first-order chi connectivity index (χ1) is 41.8. The maximum Gasteiger partial charge on any atom is 0.472 e. The highest BCUT2D eigenvalue weighted by atomic mass is 31.2. The van der Waals surface area contributed by atoms with Gasteiger partial charge in [-0.05, 0) is 0 Å². The summed E-state index contributed by atoms with van der Waals surface area (Å²) in [6.45, 7) is -4.70. The summed E-state index contributed by atoms with van der Waals surface area (Å²) in [6, 6.07) is -1.81. The Kier molecular flexibility index (Phi) is 16.0. The minimum atomic E-state index is -5.67. The van der Waals surface area contributed by atoms with Gasteiger partial charge in [-0.1, -0.05) is 0 Å². The molecule has 0 aromatic carbocycles. The zero-order valence-electron chi connectivity index (χ0n) is 44.4. The first kappa shape index (κ1) is 60.9. The van der Waals surface area contributed by atoms with E-state index in [1.807, 2.05) is 0 Å². The molecule has 0 bridgehead atoms. The van der Waals surface area contributed by atoms with E-state index < -0.39 is 180 Å². The lowest BCUT2D eigenvalue weighted by molar-refractivity contribution is -0.0817. The van der Waals surface area contributed by atoms with Crippen molar-refractivity contribution in [2.24, 2.45) is 41.4 Å². The number of nitrogens with zero attached hydrogens (tertiary/aromatic N) is 16.